The Kier molecular flexibility index (Phi) is 24.8. The van der Waals surface area contributed by atoms with E-state index in [-0.39, 0.29) is 20.1 Å². The third-order valence-electron chi connectivity index (χ3n) is 13.2. The number of aryl methyl sites for hydroxylation is 2. The molecule has 16 nitrogen and oxygen atoms in total. The first-order valence-corrected chi connectivity index (χ1v) is 28.5. The van der Waals surface area contributed by atoms with Gasteiger partial charge in [-0.15, -0.1) is 83.9 Å². The zero-order valence-electron chi connectivity index (χ0n) is 47.3. The molecule has 0 fully saturated rings. The van der Waals surface area contributed by atoms with Crippen LogP contribution in [0.25, 0.3) is 67.8 Å². The first-order chi connectivity index (χ1) is 41.6. The van der Waals surface area contributed by atoms with E-state index >= 15 is 0 Å². The fraction of sp³-hybridized carbons (Fsp3) is 0.294. The van der Waals surface area contributed by atoms with Crippen molar-refractivity contribution >= 4 is 0 Å². The number of ether oxygens (including phenoxy) is 10. The predicted octanol–water partition coefficient (Wildman–Crippen LogP) is 11.4. The second-order valence-corrected chi connectivity index (χ2v) is 19.3. The maximum Gasteiger partial charge on any atom is 3.00 e. The Hall–Kier alpha value is -7.83. The minimum absolute atomic E-state index is 0. The molecule has 0 amide bonds. The van der Waals surface area contributed by atoms with Crippen molar-refractivity contribution < 1.29 is 67.5 Å². The summed E-state index contributed by atoms with van der Waals surface area (Å²) in [5, 5.41) is 0. The molecule has 13 aliphatic rings. The third kappa shape index (κ3) is 19.9. The Labute approximate surface area is 510 Å². The van der Waals surface area contributed by atoms with Gasteiger partial charge in [0.1, 0.15) is 24.7 Å². The number of fused-ring (bicyclic) bond motifs is 2. The summed E-state index contributed by atoms with van der Waals surface area (Å²) in [5.74, 6) is 2.93. The molecular weight excluding hydrogens is 1250 g/mol. The van der Waals surface area contributed by atoms with E-state index in [9.17, 15) is 0 Å². The third-order valence-corrected chi connectivity index (χ3v) is 13.2. The maximum atomic E-state index is 6.00. The van der Waals surface area contributed by atoms with Crippen molar-refractivity contribution in [2.45, 2.75) is 25.7 Å². The van der Waals surface area contributed by atoms with Crippen molar-refractivity contribution in [2.75, 3.05) is 106 Å². The van der Waals surface area contributed by atoms with Crippen LogP contribution in [-0.2, 0) is 61.4 Å². The van der Waals surface area contributed by atoms with Crippen LogP contribution in [0.4, 0.5) is 0 Å². The molecular formula is C68H67IrN6O10. The van der Waals surface area contributed by atoms with Gasteiger partial charge in [-0.25, -0.2) is 4.98 Å². The quantitative estimate of drug-likeness (QED) is 0.131. The number of nitrogens with zero attached hydrogens (tertiary/aromatic N) is 6. The number of rotatable bonds is 0. The van der Waals surface area contributed by atoms with Gasteiger partial charge in [-0.3, -0.25) is 19.9 Å². The van der Waals surface area contributed by atoms with Gasteiger partial charge in [0.25, 0.3) is 0 Å². The van der Waals surface area contributed by atoms with Gasteiger partial charge in [0.15, 0.2) is 0 Å². The van der Waals surface area contributed by atoms with Gasteiger partial charge < -0.3 is 52.4 Å². The molecule has 438 valence electrons. The summed E-state index contributed by atoms with van der Waals surface area (Å²) in [7, 11) is 0. The average Bonchev–Trinajstić information content (AvgIpc) is 3.75. The number of hydrogen-bond acceptors (Lipinski definition) is 16. The number of aromatic nitrogens is 6. The molecule has 22 rings (SSSR count). The van der Waals surface area contributed by atoms with E-state index in [4.69, 9.17) is 67.3 Å². The number of benzene rings is 3. The molecule has 0 atom stereocenters. The van der Waals surface area contributed by atoms with Crippen molar-refractivity contribution in [3.63, 3.8) is 0 Å². The van der Waals surface area contributed by atoms with E-state index in [1.165, 1.54) is 0 Å². The topological polar surface area (TPSA) is 170 Å². The van der Waals surface area contributed by atoms with Crippen molar-refractivity contribution in [3.05, 3.63) is 194 Å². The van der Waals surface area contributed by atoms with Crippen LogP contribution in [0, 0.1) is 18.2 Å². The zero-order chi connectivity index (χ0) is 57.1. The zero-order valence-corrected chi connectivity index (χ0v) is 49.7. The molecule has 9 aromatic rings. The average molecular weight is 1320 g/mol. The maximum absolute atomic E-state index is 6.00. The number of hydrogen-bond donors (Lipinski definition) is 0. The minimum Gasteiger partial charge on any atom is -0.537 e. The molecule has 0 radical (unpaired) electrons. The molecule has 17 heteroatoms. The Morgan fingerprint density at radius 1 is 0.282 bits per heavy atom. The van der Waals surface area contributed by atoms with E-state index in [1.807, 2.05) is 140 Å². The van der Waals surface area contributed by atoms with E-state index in [0.29, 0.717) is 117 Å². The van der Waals surface area contributed by atoms with Gasteiger partial charge in [-0.2, -0.15) is 0 Å². The Morgan fingerprint density at radius 2 is 0.635 bits per heavy atom. The standard InChI is InChI=1S/C38H30N4O2.C30H37N2O8.Ir/c1-7-33-29-13-17-31(18-14-29)43-23-3-5-27-11-21-35(39-25-27)37-9-2-10-38(42-37)36-22-12-28(26-40-36)6-4-24-44-32-19-15-30(16-20-32)34(8-1)41-33;1-2-25-22-26(3-1)30-7-5-28(24-32-30)40-21-19-38-17-15-36-13-11-34-9-8-33-10-12-35-14-16-37-18-20-39-27-4-6-29(25)31-23-27;/h1-2,7-13,15,17-22,25-26H,3-6,23-24H2;1-7,23-24H,8-21H2;/q-2;-1;+3. The van der Waals surface area contributed by atoms with E-state index in [1.54, 1.807) is 12.4 Å². The predicted molar refractivity (Wildman–Crippen MR) is 319 cm³/mol. The van der Waals surface area contributed by atoms with E-state index in [2.05, 4.69) is 40.3 Å². The van der Waals surface area contributed by atoms with Crippen LogP contribution in [-0.4, -0.2) is 136 Å². The molecule has 0 aliphatic carbocycles. The molecule has 6 aromatic heterocycles. The summed E-state index contributed by atoms with van der Waals surface area (Å²) in [6.07, 6.45) is 10.8. The molecule has 0 saturated heterocycles. The van der Waals surface area contributed by atoms with Crippen LogP contribution in [0.3, 0.4) is 0 Å². The Bertz CT molecular complexity index is 3010. The van der Waals surface area contributed by atoms with Gasteiger partial charge in [-0.05, 0) is 84.6 Å². The summed E-state index contributed by atoms with van der Waals surface area (Å²) < 4.78 is 56.6. The summed E-state index contributed by atoms with van der Waals surface area (Å²) >= 11 is 0. The first-order valence-electron chi connectivity index (χ1n) is 28.5. The second kappa shape index (κ2) is 34.2. The second-order valence-electron chi connectivity index (χ2n) is 19.3. The van der Waals surface area contributed by atoms with Gasteiger partial charge in [-0.1, -0.05) is 59.7 Å². The largest absolute Gasteiger partial charge is 3.00 e. The van der Waals surface area contributed by atoms with E-state index < -0.39 is 0 Å². The van der Waals surface area contributed by atoms with Crippen LogP contribution in [0.5, 0.6) is 23.0 Å². The van der Waals surface area contributed by atoms with Gasteiger partial charge >= 0.3 is 20.1 Å². The van der Waals surface area contributed by atoms with Gasteiger partial charge in [0.05, 0.1) is 128 Å². The van der Waals surface area contributed by atoms with Crippen molar-refractivity contribution in [2.24, 2.45) is 0 Å². The molecule has 0 unspecified atom stereocenters. The fourth-order valence-electron chi connectivity index (χ4n) is 8.81. The summed E-state index contributed by atoms with van der Waals surface area (Å²) in [4.78, 5) is 28.2. The van der Waals surface area contributed by atoms with E-state index in [0.717, 1.165) is 116 Å². The minimum atomic E-state index is 0. The normalized spacial score (nSPS) is 15.3. The molecule has 18 bridgehead atoms. The van der Waals surface area contributed by atoms with Crippen molar-refractivity contribution in [3.8, 4) is 90.8 Å². The molecule has 0 saturated carbocycles. The smallest absolute Gasteiger partial charge is 0.537 e. The van der Waals surface area contributed by atoms with Crippen LogP contribution in [0.2, 0.25) is 0 Å². The summed E-state index contributed by atoms with van der Waals surface area (Å²) in [6.45, 7) is 8.03. The summed E-state index contributed by atoms with van der Waals surface area (Å²) in [5.41, 5.74) is 12.5. The number of pyridine rings is 6. The van der Waals surface area contributed by atoms with Crippen LogP contribution < -0.4 is 18.9 Å². The fourth-order valence-corrected chi connectivity index (χ4v) is 8.81. The van der Waals surface area contributed by atoms with Crippen molar-refractivity contribution in [1.29, 1.82) is 0 Å². The monoisotopic (exact) mass is 1320 g/mol. The molecule has 0 spiro atoms. The van der Waals surface area contributed by atoms with Crippen LogP contribution in [0.15, 0.2) is 164 Å². The molecule has 85 heavy (non-hydrogen) atoms. The summed E-state index contributed by atoms with van der Waals surface area (Å²) in [6, 6.07) is 55.5. The SMILES string of the molecule is [Ir+3].[c-]1c2cccc1-c1ccc(cn1)OCCOCCOCCOCCOCCOCCOCCOc1ccc-2nc1.[c-]1cc2ccc1-c1cccc(n1)-c1[c-]cc(cc1)OCCCc1ccc(nc1)-c1cccc(n1)-c1ccc(cn1)CCCO2. The first kappa shape index (κ1) is 61.7. The van der Waals surface area contributed by atoms with Crippen LogP contribution >= 0.6 is 0 Å². The molecule has 0 N–H and O–H groups in total. The Balaban J connectivity index is 0.000000202. The van der Waals surface area contributed by atoms with Crippen molar-refractivity contribution in [1.82, 2.24) is 29.9 Å². The van der Waals surface area contributed by atoms with Crippen LogP contribution in [0.1, 0.15) is 24.0 Å². The molecule has 19 heterocycles. The molecule has 13 aliphatic heterocycles. The molecule has 3 aromatic carbocycles. The van der Waals surface area contributed by atoms with Gasteiger partial charge in [0, 0.05) is 35.3 Å². The Morgan fingerprint density at radius 3 is 1.01 bits per heavy atom. The van der Waals surface area contributed by atoms with Gasteiger partial charge in [0.2, 0.25) is 0 Å².